The number of ether oxygens (including phenoxy) is 2. The summed E-state index contributed by atoms with van der Waals surface area (Å²) in [6, 6.07) is 3.87. The van der Waals surface area contributed by atoms with Crippen molar-refractivity contribution in [3.05, 3.63) is 23.3 Å². The smallest absolute Gasteiger partial charge is 0.166 e. The lowest BCUT2D eigenvalue weighted by atomic mass is 9.85. The molecule has 0 spiro atoms. The molecule has 1 atom stereocenters. The van der Waals surface area contributed by atoms with Crippen LogP contribution < -0.4 is 9.47 Å². The SMILES string of the molecule is COc1cc2c(cc1OC)C(=O)C(CC1CCCCCCCC1)C2. The fourth-order valence-corrected chi connectivity index (χ4v) is 4.44. The van der Waals surface area contributed by atoms with Crippen molar-refractivity contribution in [1.82, 2.24) is 0 Å². The van der Waals surface area contributed by atoms with Crippen LogP contribution in [0, 0.1) is 11.8 Å². The van der Waals surface area contributed by atoms with Crippen LogP contribution in [0.5, 0.6) is 11.5 Å². The van der Waals surface area contributed by atoms with Gasteiger partial charge in [0.15, 0.2) is 17.3 Å². The number of Topliss-reactive ketones (excluding diaryl/α,β-unsaturated/α-hetero) is 1. The molecular weight excluding hydrogens is 300 g/mol. The predicted molar refractivity (Wildman–Crippen MR) is 96.1 cm³/mol. The number of carbonyl (C=O) groups excluding carboxylic acids is 1. The Morgan fingerprint density at radius 1 is 0.917 bits per heavy atom. The second-order valence-corrected chi connectivity index (χ2v) is 7.43. The van der Waals surface area contributed by atoms with E-state index in [0.717, 1.165) is 35.6 Å². The lowest BCUT2D eigenvalue weighted by molar-refractivity contribution is 0.0914. The standard InChI is InChI=1S/C21H30O3/c1-23-19-13-16-12-17(21(22)18(16)14-20(19)24-2)11-15-9-7-5-3-4-6-8-10-15/h13-15,17H,3-12H2,1-2H3. The van der Waals surface area contributed by atoms with Gasteiger partial charge in [-0.15, -0.1) is 0 Å². The van der Waals surface area contributed by atoms with Crippen LogP contribution in [0.3, 0.4) is 0 Å². The van der Waals surface area contributed by atoms with E-state index in [0.29, 0.717) is 11.5 Å². The summed E-state index contributed by atoms with van der Waals surface area (Å²) < 4.78 is 10.8. The fraction of sp³-hybridized carbons (Fsp3) is 0.667. The number of hydrogen-bond acceptors (Lipinski definition) is 3. The third kappa shape index (κ3) is 3.76. The van der Waals surface area contributed by atoms with Crippen molar-refractivity contribution < 1.29 is 14.3 Å². The molecule has 0 amide bonds. The van der Waals surface area contributed by atoms with Crippen LogP contribution >= 0.6 is 0 Å². The maximum atomic E-state index is 12.9. The lowest BCUT2D eigenvalue weighted by Gasteiger charge is -2.19. The topological polar surface area (TPSA) is 35.5 Å². The van der Waals surface area contributed by atoms with Crippen LogP contribution in [0.1, 0.15) is 73.7 Å². The van der Waals surface area contributed by atoms with E-state index in [1.54, 1.807) is 14.2 Å². The summed E-state index contributed by atoms with van der Waals surface area (Å²) >= 11 is 0. The van der Waals surface area contributed by atoms with Gasteiger partial charge in [-0.1, -0.05) is 51.4 Å². The van der Waals surface area contributed by atoms with Gasteiger partial charge in [-0.2, -0.15) is 0 Å². The third-order valence-corrected chi connectivity index (χ3v) is 5.80. The first-order chi connectivity index (χ1) is 11.7. The molecule has 1 aromatic rings. The summed E-state index contributed by atoms with van der Waals surface area (Å²) in [5, 5.41) is 0. The third-order valence-electron chi connectivity index (χ3n) is 5.80. The van der Waals surface area contributed by atoms with Gasteiger partial charge in [-0.3, -0.25) is 4.79 Å². The van der Waals surface area contributed by atoms with Crippen LogP contribution in [0.2, 0.25) is 0 Å². The highest BCUT2D eigenvalue weighted by atomic mass is 16.5. The van der Waals surface area contributed by atoms with Gasteiger partial charge in [-0.25, -0.2) is 0 Å². The number of methoxy groups -OCH3 is 2. The van der Waals surface area contributed by atoms with Crippen molar-refractivity contribution in [2.24, 2.45) is 11.8 Å². The number of benzene rings is 1. The van der Waals surface area contributed by atoms with Crippen LogP contribution in [-0.2, 0) is 6.42 Å². The van der Waals surface area contributed by atoms with Crippen LogP contribution in [0.15, 0.2) is 12.1 Å². The molecule has 0 heterocycles. The summed E-state index contributed by atoms with van der Waals surface area (Å²) in [7, 11) is 3.27. The van der Waals surface area contributed by atoms with E-state index in [1.165, 1.54) is 51.4 Å². The molecule has 3 rings (SSSR count). The maximum absolute atomic E-state index is 12.9. The van der Waals surface area contributed by atoms with E-state index in [4.69, 9.17) is 9.47 Å². The van der Waals surface area contributed by atoms with Gasteiger partial charge >= 0.3 is 0 Å². The molecule has 0 radical (unpaired) electrons. The number of carbonyl (C=O) groups is 1. The zero-order valence-electron chi connectivity index (χ0n) is 15.1. The molecule has 0 bridgehead atoms. The molecular formula is C21H30O3. The fourth-order valence-electron chi connectivity index (χ4n) is 4.44. The van der Waals surface area contributed by atoms with Gasteiger partial charge in [0.25, 0.3) is 0 Å². The number of ketones is 1. The zero-order valence-corrected chi connectivity index (χ0v) is 15.1. The van der Waals surface area contributed by atoms with Crippen molar-refractivity contribution in [2.75, 3.05) is 14.2 Å². The highest BCUT2D eigenvalue weighted by Gasteiger charge is 2.33. The lowest BCUT2D eigenvalue weighted by Crippen LogP contribution is -2.15. The highest BCUT2D eigenvalue weighted by Crippen LogP contribution is 2.39. The normalized spacial score (nSPS) is 22.4. The quantitative estimate of drug-likeness (QED) is 0.761. The summed E-state index contributed by atoms with van der Waals surface area (Å²) in [5.74, 6) is 2.57. The number of fused-ring (bicyclic) bond motifs is 1. The Balaban J connectivity index is 1.70. The Labute approximate surface area is 145 Å². The van der Waals surface area contributed by atoms with Gasteiger partial charge in [0, 0.05) is 11.5 Å². The number of rotatable bonds is 4. The average molecular weight is 330 g/mol. The Morgan fingerprint density at radius 3 is 2.12 bits per heavy atom. The monoisotopic (exact) mass is 330 g/mol. The van der Waals surface area contributed by atoms with Crippen LogP contribution in [-0.4, -0.2) is 20.0 Å². The summed E-state index contributed by atoms with van der Waals surface area (Å²) in [6.07, 6.45) is 12.7. The highest BCUT2D eigenvalue weighted by molar-refractivity contribution is 6.02. The van der Waals surface area contributed by atoms with Gasteiger partial charge in [-0.05, 0) is 36.5 Å². The van der Waals surface area contributed by atoms with Crippen molar-refractivity contribution in [1.29, 1.82) is 0 Å². The van der Waals surface area contributed by atoms with Gasteiger partial charge in [0.05, 0.1) is 14.2 Å². The van der Waals surface area contributed by atoms with Gasteiger partial charge in [0.2, 0.25) is 0 Å². The second kappa shape index (κ2) is 8.04. The molecule has 1 fully saturated rings. The Hall–Kier alpha value is -1.51. The van der Waals surface area contributed by atoms with E-state index in [2.05, 4.69) is 0 Å². The number of hydrogen-bond donors (Lipinski definition) is 0. The molecule has 1 aromatic carbocycles. The minimum atomic E-state index is 0.155. The Kier molecular flexibility index (Phi) is 5.80. The van der Waals surface area contributed by atoms with E-state index in [-0.39, 0.29) is 5.92 Å². The van der Waals surface area contributed by atoms with E-state index in [1.807, 2.05) is 12.1 Å². The van der Waals surface area contributed by atoms with E-state index < -0.39 is 0 Å². The van der Waals surface area contributed by atoms with Gasteiger partial charge in [0.1, 0.15) is 0 Å². The molecule has 1 saturated carbocycles. The molecule has 132 valence electrons. The second-order valence-electron chi connectivity index (χ2n) is 7.43. The molecule has 0 aromatic heterocycles. The molecule has 0 N–H and O–H groups in total. The zero-order chi connectivity index (χ0) is 16.9. The first-order valence-electron chi connectivity index (χ1n) is 9.52. The Morgan fingerprint density at radius 2 is 1.50 bits per heavy atom. The molecule has 2 aliphatic rings. The molecule has 3 heteroatoms. The van der Waals surface area contributed by atoms with Crippen molar-refractivity contribution >= 4 is 5.78 Å². The molecule has 24 heavy (non-hydrogen) atoms. The maximum Gasteiger partial charge on any atom is 0.166 e. The van der Waals surface area contributed by atoms with Gasteiger partial charge < -0.3 is 9.47 Å². The van der Waals surface area contributed by atoms with Crippen molar-refractivity contribution in [3.8, 4) is 11.5 Å². The average Bonchev–Trinajstić information content (AvgIpc) is 2.96. The molecule has 0 saturated heterocycles. The van der Waals surface area contributed by atoms with E-state index >= 15 is 0 Å². The Bertz CT molecular complexity index is 569. The summed E-state index contributed by atoms with van der Waals surface area (Å²) in [5.41, 5.74) is 1.98. The molecule has 3 nitrogen and oxygen atoms in total. The molecule has 1 unspecified atom stereocenters. The first-order valence-corrected chi connectivity index (χ1v) is 9.52. The van der Waals surface area contributed by atoms with Crippen molar-refractivity contribution in [3.63, 3.8) is 0 Å². The molecule has 0 aliphatic heterocycles. The van der Waals surface area contributed by atoms with Crippen molar-refractivity contribution in [2.45, 2.75) is 64.2 Å². The summed E-state index contributed by atoms with van der Waals surface area (Å²) in [4.78, 5) is 12.9. The van der Waals surface area contributed by atoms with Crippen LogP contribution in [0.25, 0.3) is 0 Å². The minimum absolute atomic E-state index is 0.155. The minimum Gasteiger partial charge on any atom is -0.493 e. The predicted octanol–water partition coefficient (Wildman–Crippen LogP) is 5.20. The van der Waals surface area contributed by atoms with E-state index in [9.17, 15) is 4.79 Å². The largest absolute Gasteiger partial charge is 0.493 e. The summed E-state index contributed by atoms with van der Waals surface area (Å²) in [6.45, 7) is 0. The first kappa shape index (κ1) is 17.3. The molecule has 2 aliphatic carbocycles. The van der Waals surface area contributed by atoms with Crippen LogP contribution in [0.4, 0.5) is 0 Å².